The summed E-state index contributed by atoms with van der Waals surface area (Å²) < 4.78 is 19.3. The zero-order valence-corrected chi connectivity index (χ0v) is 18.2. The summed E-state index contributed by atoms with van der Waals surface area (Å²) in [6, 6.07) is 20.4. The van der Waals surface area contributed by atoms with Gasteiger partial charge in [0.15, 0.2) is 17.7 Å². The standard InChI is InChI=1S/C27H30FNO2/c1-3-27(31-26-7-5-4-6-25(26)30)29-16-14-21(15-17-29)24-13-10-22(18-19(24)2)20-8-11-23(28)12-9-20/h4-13,18,21,27,30H,3,14-17H2,1-2H3. The van der Waals surface area contributed by atoms with E-state index in [1.807, 2.05) is 24.3 Å². The predicted molar refractivity (Wildman–Crippen MR) is 123 cm³/mol. The minimum Gasteiger partial charge on any atom is -0.504 e. The molecule has 4 rings (SSSR count). The van der Waals surface area contributed by atoms with Gasteiger partial charge in [0.25, 0.3) is 0 Å². The summed E-state index contributed by atoms with van der Waals surface area (Å²) in [5.74, 6) is 1.05. The lowest BCUT2D eigenvalue weighted by Gasteiger charge is -2.37. The molecule has 0 aliphatic carbocycles. The van der Waals surface area contributed by atoms with Crippen LogP contribution in [0.15, 0.2) is 66.7 Å². The van der Waals surface area contributed by atoms with Crippen molar-refractivity contribution in [1.29, 1.82) is 0 Å². The van der Waals surface area contributed by atoms with Gasteiger partial charge in [-0.1, -0.05) is 49.4 Å². The number of halogens is 1. The molecule has 0 saturated carbocycles. The Morgan fingerprint density at radius 1 is 1.00 bits per heavy atom. The van der Waals surface area contributed by atoms with Crippen molar-refractivity contribution in [3.8, 4) is 22.6 Å². The summed E-state index contributed by atoms with van der Waals surface area (Å²) in [6.07, 6.45) is 3.00. The van der Waals surface area contributed by atoms with E-state index in [9.17, 15) is 9.50 Å². The van der Waals surface area contributed by atoms with E-state index in [0.717, 1.165) is 43.5 Å². The van der Waals surface area contributed by atoms with Crippen LogP contribution in [0.25, 0.3) is 11.1 Å². The van der Waals surface area contributed by atoms with Gasteiger partial charge in [0.05, 0.1) is 0 Å². The van der Waals surface area contributed by atoms with Gasteiger partial charge in [0.2, 0.25) is 0 Å². The average Bonchev–Trinajstić information content (AvgIpc) is 2.79. The number of phenolic OH excluding ortho intramolecular Hbond substituents is 1. The highest BCUT2D eigenvalue weighted by atomic mass is 19.1. The van der Waals surface area contributed by atoms with E-state index in [1.165, 1.54) is 23.3 Å². The number of hydrogen-bond donors (Lipinski definition) is 1. The lowest BCUT2D eigenvalue weighted by atomic mass is 9.85. The van der Waals surface area contributed by atoms with Crippen molar-refractivity contribution in [2.75, 3.05) is 13.1 Å². The molecule has 3 nitrogen and oxygen atoms in total. The van der Waals surface area contributed by atoms with Crippen molar-refractivity contribution in [3.63, 3.8) is 0 Å². The number of hydrogen-bond acceptors (Lipinski definition) is 3. The van der Waals surface area contributed by atoms with Crippen LogP contribution in [0.4, 0.5) is 4.39 Å². The van der Waals surface area contributed by atoms with Crippen molar-refractivity contribution in [2.24, 2.45) is 0 Å². The lowest BCUT2D eigenvalue weighted by Crippen LogP contribution is -2.43. The van der Waals surface area contributed by atoms with E-state index in [4.69, 9.17) is 4.74 Å². The summed E-state index contributed by atoms with van der Waals surface area (Å²) in [6.45, 7) is 6.23. The van der Waals surface area contributed by atoms with Crippen molar-refractivity contribution in [3.05, 3.63) is 83.7 Å². The number of likely N-dealkylation sites (tertiary alicyclic amines) is 1. The van der Waals surface area contributed by atoms with Crippen LogP contribution < -0.4 is 4.74 Å². The Labute approximate surface area is 184 Å². The Balaban J connectivity index is 1.41. The number of piperidine rings is 1. The quantitative estimate of drug-likeness (QED) is 0.495. The number of aromatic hydroxyl groups is 1. The molecule has 1 saturated heterocycles. The number of para-hydroxylation sites is 2. The molecular formula is C27H30FNO2. The molecule has 1 atom stereocenters. The highest BCUT2D eigenvalue weighted by Gasteiger charge is 2.27. The van der Waals surface area contributed by atoms with E-state index < -0.39 is 0 Å². The van der Waals surface area contributed by atoms with Crippen molar-refractivity contribution >= 4 is 0 Å². The monoisotopic (exact) mass is 419 g/mol. The number of nitrogens with zero attached hydrogens (tertiary/aromatic N) is 1. The van der Waals surface area contributed by atoms with Gasteiger partial charge < -0.3 is 9.84 Å². The zero-order valence-electron chi connectivity index (χ0n) is 18.2. The van der Waals surface area contributed by atoms with Crippen molar-refractivity contribution < 1.29 is 14.2 Å². The van der Waals surface area contributed by atoms with Crippen LogP contribution in [0, 0.1) is 12.7 Å². The molecule has 1 unspecified atom stereocenters. The van der Waals surface area contributed by atoms with Gasteiger partial charge in [0, 0.05) is 13.1 Å². The largest absolute Gasteiger partial charge is 0.504 e. The normalized spacial score (nSPS) is 16.2. The average molecular weight is 420 g/mol. The maximum atomic E-state index is 13.2. The fourth-order valence-corrected chi connectivity index (χ4v) is 4.57. The highest BCUT2D eigenvalue weighted by Crippen LogP contribution is 2.34. The molecule has 1 fully saturated rings. The maximum absolute atomic E-state index is 13.2. The molecule has 1 heterocycles. The fourth-order valence-electron chi connectivity index (χ4n) is 4.57. The van der Waals surface area contributed by atoms with Crippen LogP contribution >= 0.6 is 0 Å². The Bertz CT molecular complexity index is 1010. The predicted octanol–water partition coefficient (Wildman–Crippen LogP) is 6.50. The van der Waals surface area contributed by atoms with Crippen LogP contribution in [0.3, 0.4) is 0 Å². The maximum Gasteiger partial charge on any atom is 0.163 e. The second-order valence-electron chi connectivity index (χ2n) is 8.34. The van der Waals surface area contributed by atoms with Crippen LogP contribution in [-0.4, -0.2) is 29.3 Å². The summed E-state index contributed by atoms with van der Waals surface area (Å²) in [7, 11) is 0. The highest BCUT2D eigenvalue weighted by molar-refractivity contribution is 5.65. The molecule has 0 spiro atoms. The van der Waals surface area contributed by atoms with E-state index in [1.54, 1.807) is 12.1 Å². The minimum atomic E-state index is -0.208. The van der Waals surface area contributed by atoms with Gasteiger partial charge in [-0.05, 0) is 78.6 Å². The topological polar surface area (TPSA) is 32.7 Å². The van der Waals surface area contributed by atoms with E-state index in [-0.39, 0.29) is 17.8 Å². The number of benzene rings is 3. The number of rotatable bonds is 6. The van der Waals surface area contributed by atoms with Crippen molar-refractivity contribution in [1.82, 2.24) is 4.90 Å². The van der Waals surface area contributed by atoms with E-state index in [0.29, 0.717) is 11.7 Å². The fraction of sp³-hybridized carbons (Fsp3) is 0.333. The molecule has 4 heteroatoms. The Hall–Kier alpha value is -2.85. The molecule has 1 aliphatic rings. The van der Waals surface area contributed by atoms with Crippen LogP contribution in [0.2, 0.25) is 0 Å². The van der Waals surface area contributed by atoms with E-state index >= 15 is 0 Å². The molecule has 162 valence electrons. The second-order valence-corrected chi connectivity index (χ2v) is 8.34. The van der Waals surface area contributed by atoms with Gasteiger partial charge in [-0.25, -0.2) is 4.39 Å². The molecule has 1 aliphatic heterocycles. The molecule has 0 bridgehead atoms. The van der Waals surface area contributed by atoms with Gasteiger partial charge in [-0.3, -0.25) is 4.90 Å². The molecule has 31 heavy (non-hydrogen) atoms. The number of ether oxygens (including phenoxy) is 1. The molecule has 3 aromatic rings. The summed E-state index contributed by atoms with van der Waals surface area (Å²) in [5.41, 5.74) is 4.86. The second kappa shape index (κ2) is 9.52. The summed E-state index contributed by atoms with van der Waals surface area (Å²) >= 11 is 0. The zero-order chi connectivity index (χ0) is 21.8. The molecule has 0 amide bonds. The van der Waals surface area contributed by atoms with Gasteiger partial charge in [0.1, 0.15) is 5.82 Å². The first-order chi connectivity index (χ1) is 15.0. The SMILES string of the molecule is CCC(Oc1ccccc1O)N1CCC(c2ccc(-c3ccc(F)cc3)cc2C)CC1. The molecule has 0 aromatic heterocycles. The first-order valence-corrected chi connectivity index (χ1v) is 11.1. The Morgan fingerprint density at radius 3 is 2.32 bits per heavy atom. The molecule has 3 aromatic carbocycles. The summed E-state index contributed by atoms with van der Waals surface area (Å²) in [4.78, 5) is 2.38. The van der Waals surface area contributed by atoms with Crippen molar-refractivity contribution in [2.45, 2.75) is 45.3 Å². The first-order valence-electron chi connectivity index (χ1n) is 11.1. The summed E-state index contributed by atoms with van der Waals surface area (Å²) in [5, 5.41) is 10.0. The lowest BCUT2D eigenvalue weighted by molar-refractivity contribution is 0.00462. The first kappa shape index (κ1) is 21.4. The molecule has 0 radical (unpaired) electrons. The smallest absolute Gasteiger partial charge is 0.163 e. The Morgan fingerprint density at radius 2 is 1.68 bits per heavy atom. The third kappa shape index (κ3) is 4.91. The number of aryl methyl sites for hydroxylation is 1. The van der Waals surface area contributed by atoms with Gasteiger partial charge in [-0.2, -0.15) is 0 Å². The van der Waals surface area contributed by atoms with Gasteiger partial charge in [-0.15, -0.1) is 0 Å². The van der Waals surface area contributed by atoms with Gasteiger partial charge >= 0.3 is 0 Å². The van der Waals surface area contributed by atoms with Crippen LogP contribution in [-0.2, 0) is 0 Å². The third-order valence-electron chi connectivity index (χ3n) is 6.30. The molecular weight excluding hydrogens is 389 g/mol. The molecule has 1 N–H and O–H groups in total. The number of phenols is 1. The minimum absolute atomic E-state index is 0.0313. The van der Waals surface area contributed by atoms with E-state index in [2.05, 4.69) is 36.9 Å². The van der Waals surface area contributed by atoms with Crippen LogP contribution in [0.1, 0.15) is 43.2 Å². The third-order valence-corrected chi connectivity index (χ3v) is 6.30. The van der Waals surface area contributed by atoms with Crippen LogP contribution in [0.5, 0.6) is 11.5 Å². The Kier molecular flexibility index (Phi) is 6.57.